The standard InChI is InChI=1S/C23H18ClF2N3O3S.C7H8O3S/c1-2-9-33(31,32)29-19-8-7-18(25)20(21(19)26)22(30)17-12-28-23-16(17)10-14(11-27-23)13-3-5-15(24)6-4-13;1-6-2-4-7(5-3-6)11(8,9)10/h3-8,10-12,29H,2,9H2,1H3,(H,27,28);2-5H,1H3,(H,8,9,10). The SMILES string of the molecule is CCCS(=O)(=O)Nc1ccc(F)c(C(=O)c2c[nH]c3ncc(-c4ccc(Cl)cc4)cc23)c1F.Cc1ccc(S(=O)(=O)O)cc1. The van der Waals surface area contributed by atoms with Crippen molar-refractivity contribution >= 4 is 54.2 Å². The van der Waals surface area contributed by atoms with Gasteiger partial charge in [0.1, 0.15) is 11.5 Å². The number of anilines is 1. The van der Waals surface area contributed by atoms with E-state index >= 15 is 4.39 Å². The quantitative estimate of drug-likeness (QED) is 0.123. The fourth-order valence-electron chi connectivity index (χ4n) is 4.16. The van der Waals surface area contributed by atoms with Crippen LogP contribution in [0.2, 0.25) is 5.02 Å². The van der Waals surface area contributed by atoms with Crippen LogP contribution in [0.5, 0.6) is 0 Å². The number of nitrogens with zero attached hydrogens (tertiary/aromatic N) is 1. The fraction of sp³-hybridized carbons (Fsp3) is 0.133. The molecule has 3 N–H and O–H groups in total. The van der Waals surface area contributed by atoms with Gasteiger partial charge in [-0.3, -0.25) is 14.1 Å². The number of hydrogen-bond acceptors (Lipinski definition) is 6. The topological polar surface area (TPSA) is 146 Å². The van der Waals surface area contributed by atoms with Crippen LogP contribution >= 0.6 is 11.6 Å². The molecule has 0 bridgehead atoms. The van der Waals surface area contributed by atoms with Gasteiger partial charge in [0.2, 0.25) is 15.8 Å². The van der Waals surface area contributed by atoms with Crippen molar-refractivity contribution in [1.82, 2.24) is 9.97 Å². The van der Waals surface area contributed by atoms with Crippen LogP contribution in [0.1, 0.15) is 34.8 Å². The van der Waals surface area contributed by atoms with Crippen molar-refractivity contribution in [2.75, 3.05) is 10.5 Å². The van der Waals surface area contributed by atoms with E-state index in [0.29, 0.717) is 28.0 Å². The molecular formula is C30H26ClF2N3O6S2. The lowest BCUT2D eigenvalue weighted by molar-refractivity contribution is 0.103. The zero-order valence-corrected chi connectivity index (χ0v) is 25.7. The van der Waals surface area contributed by atoms with Crippen LogP contribution < -0.4 is 4.72 Å². The Hall–Kier alpha value is -4.17. The second-order valence-corrected chi connectivity index (χ2v) is 13.4. The van der Waals surface area contributed by atoms with Crippen LogP contribution in [0.25, 0.3) is 22.2 Å². The maximum absolute atomic E-state index is 15.1. The van der Waals surface area contributed by atoms with Crippen molar-refractivity contribution in [2.45, 2.75) is 25.2 Å². The van der Waals surface area contributed by atoms with Gasteiger partial charge in [-0.15, -0.1) is 0 Å². The third-order valence-electron chi connectivity index (χ3n) is 6.33. The van der Waals surface area contributed by atoms with Gasteiger partial charge in [0.15, 0.2) is 5.82 Å². The minimum absolute atomic E-state index is 0.000297. The first-order chi connectivity index (χ1) is 20.7. The predicted octanol–water partition coefficient (Wildman–Crippen LogP) is 6.79. The van der Waals surface area contributed by atoms with Crippen LogP contribution in [-0.2, 0) is 20.1 Å². The van der Waals surface area contributed by atoms with Gasteiger partial charge in [-0.25, -0.2) is 22.2 Å². The number of carbonyl (C=O) groups is 1. The molecule has 0 spiro atoms. The highest BCUT2D eigenvalue weighted by Crippen LogP contribution is 2.30. The molecule has 0 amide bonds. The number of pyridine rings is 1. The summed E-state index contributed by atoms with van der Waals surface area (Å²) in [5, 5.41) is 0.925. The third kappa shape index (κ3) is 7.66. The summed E-state index contributed by atoms with van der Waals surface area (Å²) in [5.41, 5.74) is 1.43. The summed E-state index contributed by atoms with van der Waals surface area (Å²) in [7, 11) is -7.86. The number of sulfonamides is 1. The zero-order valence-electron chi connectivity index (χ0n) is 23.3. The Balaban J connectivity index is 0.000000339. The van der Waals surface area contributed by atoms with Gasteiger partial charge in [-0.2, -0.15) is 8.42 Å². The van der Waals surface area contributed by atoms with Crippen molar-refractivity contribution in [3.05, 3.63) is 112 Å². The first-order valence-corrected chi connectivity index (χ1v) is 16.5. The van der Waals surface area contributed by atoms with Crippen molar-refractivity contribution in [2.24, 2.45) is 0 Å². The highest BCUT2D eigenvalue weighted by Gasteiger charge is 2.26. The molecule has 44 heavy (non-hydrogen) atoms. The molecule has 14 heteroatoms. The molecule has 2 heterocycles. The predicted molar refractivity (Wildman–Crippen MR) is 165 cm³/mol. The molecule has 0 saturated heterocycles. The molecule has 0 unspecified atom stereocenters. The monoisotopic (exact) mass is 661 g/mol. The van der Waals surface area contributed by atoms with Crippen molar-refractivity contribution in [3.8, 4) is 11.1 Å². The van der Waals surface area contributed by atoms with Gasteiger partial charge >= 0.3 is 0 Å². The molecule has 9 nitrogen and oxygen atoms in total. The number of hydrogen-bond donors (Lipinski definition) is 3. The molecule has 0 aliphatic carbocycles. The van der Waals surface area contributed by atoms with Gasteiger partial charge in [-0.1, -0.05) is 48.4 Å². The van der Waals surface area contributed by atoms with Gasteiger partial charge < -0.3 is 4.98 Å². The number of carbonyl (C=O) groups excluding carboxylic acids is 1. The third-order valence-corrected chi connectivity index (χ3v) is 8.93. The molecule has 230 valence electrons. The van der Waals surface area contributed by atoms with E-state index < -0.39 is 48.8 Å². The van der Waals surface area contributed by atoms with Crippen molar-refractivity contribution < 1.29 is 35.0 Å². The largest absolute Gasteiger partial charge is 0.345 e. The molecule has 5 aromatic rings. The first kappa shape index (κ1) is 32.7. The molecule has 0 fully saturated rings. The number of nitrogens with one attached hydrogen (secondary N) is 2. The Morgan fingerprint density at radius 1 is 0.977 bits per heavy atom. The van der Waals surface area contributed by atoms with Crippen molar-refractivity contribution in [3.63, 3.8) is 0 Å². The smallest absolute Gasteiger partial charge is 0.294 e. The normalized spacial score (nSPS) is 11.6. The highest BCUT2D eigenvalue weighted by molar-refractivity contribution is 7.92. The van der Waals surface area contributed by atoms with Crippen LogP contribution in [-0.4, -0.2) is 42.9 Å². The average Bonchev–Trinajstić information content (AvgIpc) is 3.38. The van der Waals surface area contributed by atoms with Gasteiger partial charge in [0, 0.05) is 33.9 Å². The molecule has 0 aliphatic heterocycles. The van der Waals surface area contributed by atoms with E-state index in [1.165, 1.54) is 18.3 Å². The summed E-state index contributed by atoms with van der Waals surface area (Å²) < 4.78 is 85.4. The number of halogens is 3. The summed E-state index contributed by atoms with van der Waals surface area (Å²) in [5.74, 6) is -3.57. The summed E-state index contributed by atoms with van der Waals surface area (Å²) in [6.45, 7) is 3.49. The number of benzene rings is 3. The number of fused-ring (bicyclic) bond motifs is 1. The molecule has 3 aromatic carbocycles. The number of ketones is 1. The molecule has 0 radical (unpaired) electrons. The minimum atomic E-state index is -4.02. The number of H-pyrrole nitrogens is 1. The van der Waals surface area contributed by atoms with E-state index in [9.17, 15) is 26.0 Å². The fourth-order valence-corrected chi connectivity index (χ4v) is 5.90. The number of aromatic nitrogens is 2. The second kappa shape index (κ2) is 13.2. The molecule has 0 atom stereocenters. The van der Waals surface area contributed by atoms with Crippen LogP contribution in [0.15, 0.2) is 84.0 Å². The lowest BCUT2D eigenvalue weighted by atomic mass is 10.00. The summed E-state index contributed by atoms with van der Waals surface area (Å²) in [4.78, 5) is 20.2. The van der Waals surface area contributed by atoms with E-state index in [-0.39, 0.29) is 16.2 Å². The second-order valence-electron chi connectivity index (χ2n) is 9.65. The summed E-state index contributed by atoms with van der Waals surface area (Å²) in [6, 6.07) is 16.5. The Morgan fingerprint density at radius 3 is 2.25 bits per heavy atom. The van der Waals surface area contributed by atoms with Crippen LogP contribution in [0.4, 0.5) is 14.5 Å². The van der Waals surface area contributed by atoms with Gasteiger partial charge in [0.25, 0.3) is 10.1 Å². The Kier molecular flexibility index (Phi) is 9.84. The van der Waals surface area contributed by atoms with Crippen molar-refractivity contribution in [1.29, 1.82) is 0 Å². The minimum Gasteiger partial charge on any atom is -0.345 e. The molecule has 5 rings (SSSR count). The molecule has 2 aromatic heterocycles. The van der Waals surface area contributed by atoms with Crippen LogP contribution in [0, 0.1) is 18.6 Å². The number of aromatic amines is 1. The van der Waals surface area contributed by atoms with Gasteiger partial charge in [0.05, 0.1) is 21.9 Å². The highest BCUT2D eigenvalue weighted by atomic mass is 35.5. The van der Waals surface area contributed by atoms with E-state index in [0.717, 1.165) is 23.3 Å². The van der Waals surface area contributed by atoms with E-state index in [2.05, 4.69) is 14.7 Å². The Bertz CT molecular complexity index is 2050. The average molecular weight is 662 g/mol. The van der Waals surface area contributed by atoms with Gasteiger partial charge in [-0.05, 0) is 61.4 Å². The molecule has 0 aliphatic rings. The maximum Gasteiger partial charge on any atom is 0.294 e. The molecular weight excluding hydrogens is 636 g/mol. The molecule has 0 saturated carbocycles. The summed E-state index contributed by atoms with van der Waals surface area (Å²) >= 11 is 5.93. The summed E-state index contributed by atoms with van der Waals surface area (Å²) in [6.07, 6.45) is 3.22. The van der Waals surface area contributed by atoms with Crippen LogP contribution in [0.3, 0.4) is 0 Å². The first-order valence-electron chi connectivity index (χ1n) is 13.0. The van der Waals surface area contributed by atoms with E-state index in [1.54, 1.807) is 55.6 Å². The van der Waals surface area contributed by atoms with E-state index in [4.69, 9.17) is 16.2 Å². The lowest BCUT2D eigenvalue weighted by Crippen LogP contribution is -2.18. The number of rotatable bonds is 8. The Labute approximate surface area is 257 Å². The van der Waals surface area contributed by atoms with E-state index in [1.807, 2.05) is 6.92 Å². The lowest BCUT2D eigenvalue weighted by Gasteiger charge is -2.11. The number of aryl methyl sites for hydroxylation is 1. The Morgan fingerprint density at radius 2 is 1.64 bits per heavy atom. The maximum atomic E-state index is 15.1. The zero-order chi connectivity index (χ0) is 32.2.